The minimum absolute atomic E-state index is 0.0537. The summed E-state index contributed by atoms with van der Waals surface area (Å²) >= 11 is 0. The zero-order valence-electron chi connectivity index (χ0n) is 29.1. The minimum atomic E-state index is -3.93. The topological polar surface area (TPSA) is 187 Å². The van der Waals surface area contributed by atoms with Crippen LogP contribution in [0, 0.1) is 19.3 Å². The van der Waals surface area contributed by atoms with Crippen molar-refractivity contribution in [3.63, 3.8) is 0 Å². The number of amides is 2. The third-order valence-corrected chi connectivity index (χ3v) is 11.4. The molecule has 0 fully saturated rings. The van der Waals surface area contributed by atoms with Crippen LogP contribution in [-0.4, -0.2) is 69.3 Å². The van der Waals surface area contributed by atoms with Gasteiger partial charge in [-0.2, -0.15) is 4.31 Å². The number of carboxylic acids is 1. The molecule has 266 valence electrons. The van der Waals surface area contributed by atoms with Crippen LogP contribution in [0.25, 0.3) is 11.0 Å². The SMILES string of the molecule is CC[C@@H]1CN(Cc2cc([C@@H](c3ccc4c(nnn4CC)c3C)C(C)(C)C(=O)N[C@H](CC(N)=O)C(=O)O)ccc2C)S(=O)(=O)c2ccccc2O1. The third kappa shape index (κ3) is 6.94. The summed E-state index contributed by atoms with van der Waals surface area (Å²) in [4.78, 5) is 37.9. The van der Waals surface area contributed by atoms with Crippen LogP contribution in [0.2, 0.25) is 0 Å². The molecular weight excluding hydrogens is 660 g/mol. The van der Waals surface area contributed by atoms with E-state index in [1.807, 2.05) is 58.0 Å². The summed E-state index contributed by atoms with van der Waals surface area (Å²) in [5.74, 6) is -3.20. The molecule has 0 spiro atoms. The summed E-state index contributed by atoms with van der Waals surface area (Å²) in [6.07, 6.45) is -0.333. The predicted octanol–water partition coefficient (Wildman–Crippen LogP) is 4.03. The number of nitrogens with two attached hydrogens (primary N) is 1. The molecule has 0 aliphatic carbocycles. The minimum Gasteiger partial charge on any atom is -0.488 e. The van der Waals surface area contributed by atoms with Crippen molar-refractivity contribution in [3.8, 4) is 5.75 Å². The molecule has 1 aliphatic heterocycles. The molecule has 50 heavy (non-hydrogen) atoms. The number of aryl methyl sites for hydroxylation is 3. The standard InChI is InChI=1S/C36H44N6O7S/c1-7-25-20-41(50(47,48)30-12-10-9-11-29(30)49-25)19-24-17-23(14-13-21(24)3)32(26-15-16-28-33(22(26)4)39-40-42(28)8-2)36(5,6)35(46)38-27(34(44)45)18-31(37)43/h9-17,25,27,32H,7-8,18-20H2,1-6H3,(H2,37,43)(H,38,46)(H,44,45)/t25-,27-,32+/m1/s1. The quantitative estimate of drug-likeness (QED) is 0.196. The first-order valence-corrected chi connectivity index (χ1v) is 18.0. The smallest absolute Gasteiger partial charge is 0.326 e. The summed E-state index contributed by atoms with van der Waals surface area (Å²) in [5.41, 5.74) is 9.32. The van der Waals surface area contributed by atoms with Crippen LogP contribution in [0.1, 0.15) is 74.3 Å². The van der Waals surface area contributed by atoms with E-state index in [1.165, 1.54) is 4.31 Å². The zero-order valence-corrected chi connectivity index (χ0v) is 30.0. The molecule has 1 aromatic heterocycles. The average molecular weight is 705 g/mol. The first kappa shape index (κ1) is 36.5. The third-order valence-electron chi connectivity index (χ3n) is 9.58. The molecular formula is C36H44N6O7S. The van der Waals surface area contributed by atoms with E-state index in [9.17, 15) is 27.9 Å². The number of carboxylic acid groups (broad SMARTS) is 1. The molecule has 2 amide bonds. The fraction of sp³-hybridized carbons (Fsp3) is 0.417. The Kier molecular flexibility index (Phi) is 10.4. The monoisotopic (exact) mass is 704 g/mol. The van der Waals surface area contributed by atoms with E-state index in [2.05, 4.69) is 15.6 Å². The van der Waals surface area contributed by atoms with E-state index in [0.717, 1.165) is 27.8 Å². The number of benzene rings is 3. The van der Waals surface area contributed by atoms with Crippen molar-refractivity contribution in [1.29, 1.82) is 0 Å². The summed E-state index contributed by atoms with van der Waals surface area (Å²) in [6.45, 7) is 11.9. The number of sulfonamides is 1. The highest BCUT2D eigenvalue weighted by Gasteiger charge is 2.42. The van der Waals surface area contributed by atoms with Gasteiger partial charge < -0.3 is 20.9 Å². The first-order chi connectivity index (χ1) is 23.6. The Bertz CT molecular complexity index is 2060. The van der Waals surface area contributed by atoms with Gasteiger partial charge >= 0.3 is 5.97 Å². The highest BCUT2D eigenvalue weighted by molar-refractivity contribution is 7.89. The van der Waals surface area contributed by atoms with Gasteiger partial charge in [0.2, 0.25) is 21.8 Å². The molecule has 4 aromatic rings. The number of nitrogens with one attached hydrogen (secondary N) is 1. The van der Waals surface area contributed by atoms with Gasteiger partial charge in [-0.25, -0.2) is 17.9 Å². The molecule has 0 unspecified atom stereocenters. The van der Waals surface area contributed by atoms with Crippen LogP contribution in [-0.2, 0) is 37.5 Å². The van der Waals surface area contributed by atoms with E-state index in [1.54, 1.807) is 42.8 Å². The highest BCUT2D eigenvalue weighted by Crippen LogP contribution is 2.44. The summed E-state index contributed by atoms with van der Waals surface area (Å²) in [7, 11) is -3.93. The number of para-hydroxylation sites is 1. The van der Waals surface area contributed by atoms with Gasteiger partial charge in [-0.05, 0) is 73.2 Å². The van der Waals surface area contributed by atoms with Crippen molar-refractivity contribution in [1.82, 2.24) is 24.6 Å². The van der Waals surface area contributed by atoms with Gasteiger partial charge in [-0.15, -0.1) is 5.10 Å². The van der Waals surface area contributed by atoms with Gasteiger partial charge in [0.05, 0.1) is 23.9 Å². The maximum absolute atomic E-state index is 14.1. The summed E-state index contributed by atoms with van der Waals surface area (Å²) in [6, 6.07) is 14.6. The molecule has 4 N–H and O–H groups in total. The number of rotatable bonds is 12. The Balaban J connectivity index is 1.63. The number of fused-ring (bicyclic) bond motifs is 2. The average Bonchev–Trinajstić information content (AvgIpc) is 3.45. The van der Waals surface area contributed by atoms with Crippen molar-refractivity contribution in [3.05, 3.63) is 82.4 Å². The summed E-state index contributed by atoms with van der Waals surface area (Å²) in [5, 5.41) is 21.0. The second-order valence-electron chi connectivity index (χ2n) is 13.3. The second kappa shape index (κ2) is 14.2. The Morgan fingerprint density at radius 3 is 2.48 bits per heavy atom. The number of carbonyl (C=O) groups is 3. The molecule has 2 heterocycles. The lowest BCUT2D eigenvalue weighted by Gasteiger charge is -2.36. The maximum atomic E-state index is 14.1. The Hall–Kier alpha value is -4.82. The van der Waals surface area contributed by atoms with Gasteiger partial charge in [0.15, 0.2) is 0 Å². The Morgan fingerprint density at radius 1 is 1.10 bits per heavy atom. The lowest BCUT2D eigenvalue weighted by Crippen LogP contribution is -2.50. The van der Waals surface area contributed by atoms with Crippen LogP contribution >= 0.6 is 0 Å². The molecule has 1 aliphatic rings. The van der Waals surface area contributed by atoms with Crippen LogP contribution in [0.5, 0.6) is 5.75 Å². The van der Waals surface area contributed by atoms with Crippen molar-refractivity contribution < 1.29 is 32.6 Å². The molecule has 3 aromatic carbocycles. The fourth-order valence-electron chi connectivity index (χ4n) is 6.63. The number of primary amides is 1. The number of aromatic nitrogens is 3. The van der Waals surface area contributed by atoms with Crippen LogP contribution in [0.4, 0.5) is 0 Å². The van der Waals surface area contributed by atoms with Crippen LogP contribution in [0.3, 0.4) is 0 Å². The largest absolute Gasteiger partial charge is 0.488 e. The molecule has 0 saturated heterocycles. The van der Waals surface area contributed by atoms with Crippen molar-refractivity contribution in [2.75, 3.05) is 6.54 Å². The van der Waals surface area contributed by atoms with E-state index < -0.39 is 51.6 Å². The summed E-state index contributed by atoms with van der Waals surface area (Å²) < 4.78 is 37.4. The first-order valence-electron chi connectivity index (χ1n) is 16.6. The van der Waals surface area contributed by atoms with Gasteiger partial charge in [0.25, 0.3) is 0 Å². The molecule has 13 nitrogen and oxygen atoms in total. The normalized spacial score (nSPS) is 17.3. The van der Waals surface area contributed by atoms with Gasteiger partial charge in [-0.3, -0.25) is 9.59 Å². The molecule has 0 bridgehead atoms. The Labute approximate surface area is 291 Å². The van der Waals surface area contributed by atoms with Crippen LogP contribution < -0.4 is 15.8 Å². The predicted molar refractivity (Wildman–Crippen MR) is 187 cm³/mol. The maximum Gasteiger partial charge on any atom is 0.326 e. The van der Waals surface area contributed by atoms with E-state index in [4.69, 9.17) is 10.5 Å². The van der Waals surface area contributed by atoms with E-state index in [-0.39, 0.29) is 24.1 Å². The number of aliphatic carboxylic acids is 1. The van der Waals surface area contributed by atoms with Crippen molar-refractivity contribution >= 4 is 38.8 Å². The molecule has 0 saturated carbocycles. The van der Waals surface area contributed by atoms with Gasteiger partial charge in [-0.1, -0.05) is 62.4 Å². The van der Waals surface area contributed by atoms with Crippen molar-refractivity contribution in [2.45, 2.75) is 90.4 Å². The lowest BCUT2D eigenvalue weighted by molar-refractivity contribution is -0.145. The van der Waals surface area contributed by atoms with Crippen LogP contribution in [0.15, 0.2) is 59.5 Å². The molecule has 5 rings (SSSR count). The number of hydrogen-bond donors (Lipinski definition) is 3. The second-order valence-corrected chi connectivity index (χ2v) is 15.2. The number of hydrogen-bond acceptors (Lipinski definition) is 8. The number of nitrogens with zero attached hydrogens (tertiary/aromatic N) is 4. The van der Waals surface area contributed by atoms with Crippen molar-refractivity contribution in [2.24, 2.45) is 11.1 Å². The van der Waals surface area contributed by atoms with Gasteiger partial charge in [0, 0.05) is 19.0 Å². The highest BCUT2D eigenvalue weighted by atomic mass is 32.2. The number of carbonyl (C=O) groups excluding carboxylic acids is 2. The molecule has 3 atom stereocenters. The molecule has 14 heteroatoms. The zero-order chi connectivity index (χ0) is 36.5. The fourth-order valence-corrected chi connectivity index (χ4v) is 8.20. The lowest BCUT2D eigenvalue weighted by atomic mass is 9.69. The molecule has 0 radical (unpaired) electrons. The van der Waals surface area contributed by atoms with E-state index in [0.29, 0.717) is 29.8 Å². The number of ether oxygens (including phenoxy) is 1. The van der Waals surface area contributed by atoms with Gasteiger partial charge in [0.1, 0.15) is 28.3 Å². The Morgan fingerprint density at radius 2 is 1.82 bits per heavy atom. The van der Waals surface area contributed by atoms with E-state index >= 15 is 0 Å².